The minimum atomic E-state index is -1.69. The van der Waals surface area contributed by atoms with E-state index in [2.05, 4.69) is 5.32 Å². The van der Waals surface area contributed by atoms with Gasteiger partial charge in [0.05, 0.1) is 5.97 Å². The lowest BCUT2D eigenvalue weighted by molar-refractivity contribution is -0.310. The number of aliphatic hydroxyl groups is 1. The number of ether oxygens (including phenoxy) is 2. The van der Waals surface area contributed by atoms with Crippen molar-refractivity contribution < 1.29 is 29.3 Å². The number of amides is 1. The van der Waals surface area contributed by atoms with Crippen molar-refractivity contribution in [1.82, 2.24) is 5.32 Å². The van der Waals surface area contributed by atoms with Crippen molar-refractivity contribution in [2.75, 3.05) is 0 Å². The molecule has 0 aliphatic rings. The van der Waals surface area contributed by atoms with E-state index >= 15 is 0 Å². The third-order valence-electron chi connectivity index (χ3n) is 3.42. The molecule has 0 saturated carbocycles. The second-order valence-electron chi connectivity index (χ2n) is 6.88. The Bertz CT molecular complexity index is 785. The molecule has 2 N–H and O–H groups in total. The van der Waals surface area contributed by atoms with Gasteiger partial charge in [0.15, 0.2) is 0 Å². The molecular formula is C20H22NO6-. The van der Waals surface area contributed by atoms with Crippen LogP contribution in [0.5, 0.6) is 11.5 Å². The topological polar surface area (TPSA) is 108 Å². The molecule has 27 heavy (non-hydrogen) atoms. The largest absolute Gasteiger partial charge is 0.548 e. The average Bonchev–Trinajstić information content (AvgIpc) is 2.58. The molecule has 7 heteroatoms. The monoisotopic (exact) mass is 372 g/mol. The van der Waals surface area contributed by atoms with Gasteiger partial charge in [-0.15, -0.1) is 0 Å². The van der Waals surface area contributed by atoms with Crippen LogP contribution in [0, 0.1) is 0 Å². The second-order valence-corrected chi connectivity index (χ2v) is 6.88. The minimum absolute atomic E-state index is 0.244. The molecule has 0 saturated heterocycles. The Morgan fingerprint density at radius 2 is 1.67 bits per heavy atom. The lowest BCUT2D eigenvalue weighted by Crippen LogP contribution is -2.52. The minimum Gasteiger partial charge on any atom is -0.548 e. The first-order valence-electron chi connectivity index (χ1n) is 8.37. The fourth-order valence-corrected chi connectivity index (χ4v) is 2.28. The molecular weight excluding hydrogens is 350 g/mol. The molecule has 0 bridgehead atoms. The summed E-state index contributed by atoms with van der Waals surface area (Å²) >= 11 is 0. The molecule has 0 radical (unpaired) electrons. The van der Waals surface area contributed by atoms with Gasteiger partial charge >= 0.3 is 6.09 Å². The van der Waals surface area contributed by atoms with Gasteiger partial charge in [-0.25, -0.2) is 4.79 Å². The number of hydrogen-bond donors (Lipinski definition) is 2. The fourth-order valence-electron chi connectivity index (χ4n) is 2.28. The zero-order chi connectivity index (χ0) is 20.0. The number of para-hydroxylation sites is 1. The molecule has 0 unspecified atom stereocenters. The van der Waals surface area contributed by atoms with E-state index in [-0.39, 0.29) is 5.56 Å². The lowest BCUT2D eigenvalue weighted by atomic mass is 10.0. The number of benzene rings is 2. The highest BCUT2D eigenvalue weighted by Gasteiger charge is 2.27. The van der Waals surface area contributed by atoms with Crippen LogP contribution in [0.2, 0.25) is 0 Å². The summed E-state index contributed by atoms with van der Waals surface area (Å²) in [5.41, 5.74) is -0.566. The van der Waals surface area contributed by atoms with Crippen molar-refractivity contribution in [3.63, 3.8) is 0 Å². The van der Waals surface area contributed by atoms with Crippen LogP contribution in [0.1, 0.15) is 32.4 Å². The predicted molar refractivity (Wildman–Crippen MR) is 96.1 cm³/mol. The van der Waals surface area contributed by atoms with E-state index in [0.717, 1.165) is 0 Å². The van der Waals surface area contributed by atoms with Crippen LogP contribution in [-0.4, -0.2) is 28.8 Å². The van der Waals surface area contributed by atoms with Crippen molar-refractivity contribution in [2.45, 2.75) is 38.5 Å². The first-order chi connectivity index (χ1) is 12.7. The summed E-state index contributed by atoms with van der Waals surface area (Å²) in [5.74, 6) is -0.637. The number of alkyl carbamates (subject to hydrolysis) is 1. The maximum absolute atomic E-state index is 11.9. The summed E-state index contributed by atoms with van der Waals surface area (Å²) < 4.78 is 10.7. The quantitative estimate of drug-likeness (QED) is 0.804. The number of rotatable bonds is 6. The molecule has 144 valence electrons. The number of hydrogen-bond acceptors (Lipinski definition) is 6. The molecule has 0 aliphatic carbocycles. The molecule has 1 amide bonds. The van der Waals surface area contributed by atoms with Gasteiger partial charge in [0.1, 0.15) is 29.2 Å². The number of carbonyl (C=O) groups is 2. The Hall–Kier alpha value is -3.06. The summed E-state index contributed by atoms with van der Waals surface area (Å²) in [6.07, 6.45) is -2.52. The second kappa shape index (κ2) is 8.55. The number of carboxylic acid groups (broad SMARTS) is 1. The zero-order valence-electron chi connectivity index (χ0n) is 15.3. The highest BCUT2D eigenvalue weighted by atomic mass is 16.6. The van der Waals surface area contributed by atoms with Crippen LogP contribution >= 0.6 is 0 Å². The zero-order valence-corrected chi connectivity index (χ0v) is 15.3. The Balaban J connectivity index is 2.15. The van der Waals surface area contributed by atoms with Crippen LogP contribution in [0.25, 0.3) is 0 Å². The van der Waals surface area contributed by atoms with Gasteiger partial charge in [0, 0.05) is 0 Å². The normalized spacial score (nSPS) is 13.3. The van der Waals surface area contributed by atoms with E-state index in [4.69, 9.17) is 9.47 Å². The number of nitrogens with one attached hydrogen (secondary N) is 1. The third-order valence-corrected chi connectivity index (χ3v) is 3.42. The Morgan fingerprint density at radius 3 is 2.26 bits per heavy atom. The van der Waals surface area contributed by atoms with E-state index in [1.54, 1.807) is 45.0 Å². The van der Waals surface area contributed by atoms with Crippen LogP contribution in [0.3, 0.4) is 0 Å². The van der Waals surface area contributed by atoms with Gasteiger partial charge in [-0.1, -0.05) is 30.3 Å². The number of carboxylic acids is 1. The molecule has 0 fully saturated rings. The van der Waals surface area contributed by atoms with E-state index in [0.29, 0.717) is 11.5 Å². The average molecular weight is 372 g/mol. The van der Waals surface area contributed by atoms with Crippen LogP contribution in [-0.2, 0) is 9.53 Å². The molecule has 0 aromatic heterocycles. The summed E-state index contributed by atoms with van der Waals surface area (Å²) in [4.78, 5) is 23.3. The van der Waals surface area contributed by atoms with Gasteiger partial charge in [0.25, 0.3) is 0 Å². The SMILES string of the molecule is CC(C)(C)OC(=O)N[C@H](C(=O)[O-])[C@H](O)c1cccc(Oc2ccccc2)c1. The summed E-state index contributed by atoms with van der Waals surface area (Å²) in [6, 6.07) is 13.6. The molecule has 0 heterocycles. The molecule has 2 aromatic rings. The van der Waals surface area contributed by atoms with Gasteiger partial charge in [-0.05, 0) is 50.6 Å². The van der Waals surface area contributed by atoms with Gasteiger partial charge in [0.2, 0.25) is 0 Å². The smallest absolute Gasteiger partial charge is 0.408 e. The van der Waals surface area contributed by atoms with Crippen molar-refractivity contribution in [3.8, 4) is 11.5 Å². The lowest BCUT2D eigenvalue weighted by Gasteiger charge is -2.27. The number of aliphatic hydroxyl groups excluding tert-OH is 1. The fraction of sp³-hybridized carbons (Fsp3) is 0.300. The van der Waals surface area contributed by atoms with Crippen LogP contribution < -0.4 is 15.2 Å². The maximum Gasteiger partial charge on any atom is 0.408 e. The Kier molecular flexibility index (Phi) is 6.41. The molecule has 2 atom stereocenters. The molecule has 2 rings (SSSR count). The van der Waals surface area contributed by atoms with Gasteiger partial charge < -0.3 is 29.8 Å². The van der Waals surface area contributed by atoms with Gasteiger partial charge in [-0.3, -0.25) is 0 Å². The number of carbonyl (C=O) groups excluding carboxylic acids is 2. The van der Waals surface area contributed by atoms with Crippen LogP contribution in [0.4, 0.5) is 4.79 Å². The predicted octanol–water partition coefficient (Wildman–Crippen LogP) is 2.16. The maximum atomic E-state index is 11.9. The summed E-state index contributed by atoms with van der Waals surface area (Å²) in [5, 5.41) is 24.0. The van der Waals surface area contributed by atoms with E-state index < -0.39 is 29.8 Å². The number of aliphatic carboxylic acids is 1. The van der Waals surface area contributed by atoms with E-state index in [9.17, 15) is 19.8 Å². The van der Waals surface area contributed by atoms with Crippen molar-refractivity contribution >= 4 is 12.1 Å². The third kappa shape index (κ3) is 6.31. The summed E-state index contributed by atoms with van der Waals surface area (Å²) in [7, 11) is 0. The van der Waals surface area contributed by atoms with Crippen molar-refractivity contribution in [3.05, 3.63) is 60.2 Å². The Labute approximate surface area is 157 Å². The van der Waals surface area contributed by atoms with Crippen molar-refractivity contribution in [1.29, 1.82) is 0 Å². The van der Waals surface area contributed by atoms with Crippen molar-refractivity contribution in [2.24, 2.45) is 0 Å². The molecule has 0 spiro atoms. The van der Waals surface area contributed by atoms with Crippen LogP contribution in [0.15, 0.2) is 54.6 Å². The molecule has 7 nitrogen and oxygen atoms in total. The standard InChI is InChI=1S/C20H23NO6/c1-20(2,3)27-19(25)21-16(18(23)24)17(22)13-8-7-11-15(12-13)26-14-9-5-4-6-10-14/h4-12,16-17,22H,1-3H3,(H,21,25)(H,23,24)/p-1/t16-,17+/m0/s1. The highest BCUT2D eigenvalue weighted by molar-refractivity contribution is 5.79. The first-order valence-corrected chi connectivity index (χ1v) is 8.37. The van der Waals surface area contributed by atoms with E-state index in [1.165, 1.54) is 12.1 Å². The van der Waals surface area contributed by atoms with Gasteiger partial charge in [-0.2, -0.15) is 0 Å². The Morgan fingerprint density at radius 1 is 1.04 bits per heavy atom. The molecule has 0 aliphatic heterocycles. The molecule has 2 aromatic carbocycles. The first kappa shape index (κ1) is 20.3. The van der Waals surface area contributed by atoms with E-state index in [1.807, 2.05) is 18.2 Å². The highest BCUT2D eigenvalue weighted by Crippen LogP contribution is 2.26. The summed E-state index contributed by atoms with van der Waals surface area (Å²) in [6.45, 7) is 4.92.